The minimum Gasteiger partial charge on any atom is -0.285 e. The minimum atomic E-state index is 0.238. The van der Waals surface area contributed by atoms with Crippen LogP contribution in [-0.2, 0) is 0 Å². The van der Waals surface area contributed by atoms with Crippen LogP contribution in [0.25, 0.3) is 0 Å². The van der Waals surface area contributed by atoms with E-state index in [1.165, 1.54) is 12.8 Å². The van der Waals surface area contributed by atoms with Gasteiger partial charge in [-0.3, -0.25) is 20.0 Å². The predicted octanol–water partition coefficient (Wildman–Crippen LogP) is 3.94. The molecule has 4 nitrogen and oxygen atoms in total. The molecule has 1 fully saturated rings. The lowest BCUT2D eigenvalue weighted by atomic mass is 9.91. The molecule has 2 aromatic rings. The van der Waals surface area contributed by atoms with E-state index in [1.54, 1.807) is 0 Å². The third kappa shape index (κ3) is 4.57. The lowest BCUT2D eigenvalue weighted by Crippen LogP contribution is -2.27. The second-order valence-corrected chi connectivity index (χ2v) is 6.38. The molecule has 0 bridgehead atoms. The fraction of sp³-hybridized carbons (Fsp3) is 0.400. The summed E-state index contributed by atoms with van der Waals surface area (Å²) in [5, 5.41) is 0. The smallest absolute Gasteiger partial charge is 0.0811 e. The highest BCUT2D eigenvalue weighted by Gasteiger charge is 2.23. The number of hydrogen-bond donors (Lipinski definition) is 0. The van der Waals surface area contributed by atoms with E-state index in [-0.39, 0.29) is 12.1 Å². The van der Waals surface area contributed by atoms with E-state index < -0.39 is 0 Å². The van der Waals surface area contributed by atoms with E-state index in [0.29, 0.717) is 0 Å². The van der Waals surface area contributed by atoms with Gasteiger partial charge < -0.3 is 0 Å². The van der Waals surface area contributed by atoms with E-state index in [2.05, 4.69) is 9.97 Å². The highest BCUT2D eigenvalue weighted by atomic mass is 14.9. The minimum absolute atomic E-state index is 0.238. The first-order chi connectivity index (χ1) is 11.7. The molecule has 0 amide bonds. The van der Waals surface area contributed by atoms with Crippen LogP contribution in [0.15, 0.2) is 46.4 Å². The molecule has 0 N–H and O–H groups in total. The quantitative estimate of drug-likeness (QED) is 0.801. The largest absolute Gasteiger partial charge is 0.285 e. The van der Waals surface area contributed by atoms with Crippen LogP contribution in [0.2, 0.25) is 0 Å². The van der Waals surface area contributed by atoms with Crippen LogP contribution in [0.3, 0.4) is 0 Å². The second-order valence-electron chi connectivity index (χ2n) is 6.38. The Morgan fingerprint density at radius 2 is 1.25 bits per heavy atom. The number of pyridine rings is 2. The molecular weight excluding hydrogens is 296 g/mol. The van der Waals surface area contributed by atoms with E-state index in [9.17, 15) is 0 Å². The summed E-state index contributed by atoms with van der Waals surface area (Å²) >= 11 is 0. The van der Waals surface area contributed by atoms with Crippen molar-refractivity contribution in [3.63, 3.8) is 0 Å². The maximum absolute atomic E-state index is 4.78. The Morgan fingerprint density at radius 3 is 1.67 bits per heavy atom. The first kappa shape index (κ1) is 16.5. The second kappa shape index (κ2) is 7.95. The molecule has 1 aliphatic rings. The molecule has 1 saturated carbocycles. The third-order valence-corrected chi connectivity index (χ3v) is 4.31. The van der Waals surface area contributed by atoms with Gasteiger partial charge >= 0.3 is 0 Å². The van der Waals surface area contributed by atoms with Crippen molar-refractivity contribution in [3.05, 3.63) is 59.2 Å². The van der Waals surface area contributed by atoms with E-state index in [0.717, 1.165) is 35.6 Å². The van der Waals surface area contributed by atoms with Gasteiger partial charge in [0.15, 0.2) is 0 Å². The monoisotopic (exact) mass is 320 g/mol. The summed E-state index contributed by atoms with van der Waals surface area (Å²) in [6, 6.07) is 12.5. The predicted molar refractivity (Wildman–Crippen MR) is 99.2 cm³/mol. The maximum atomic E-state index is 4.78. The summed E-state index contributed by atoms with van der Waals surface area (Å²) in [4.78, 5) is 18.5. The number of aliphatic imine (C=N–C) groups is 2. The zero-order valence-electron chi connectivity index (χ0n) is 14.4. The van der Waals surface area contributed by atoms with E-state index in [4.69, 9.17) is 9.98 Å². The average molecular weight is 320 g/mol. The summed E-state index contributed by atoms with van der Waals surface area (Å²) < 4.78 is 0. The van der Waals surface area contributed by atoms with E-state index >= 15 is 0 Å². The fourth-order valence-corrected chi connectivity index (χ4v) is 3.06. The van der Waals surface area contributed by atoms with Crippen LogP contribution in [0.1, 0.15) is 48.5 Å². The van der Waals surface area contributed by atoms with Gasteiger partial charge in [0.1, 0.15) is 0 Å². The molecule has 0 saturated heterocycles. The van der Waals surface area contributed by atoms with Crippen molar-refractivity contribution in [1.82, 2.24) is 9.97 Å². The van der Waals surface area contributed by atoms with Gasteiger partial charge in [-0.1, -0.05) is 25.0 Å². The van der Waals surface area contributed by atoms with Gasteiger partial charge in [-0.25, -0.2) is 0 Å². The fourth-order valence-electron chi connectivity index (χ4n) is 3.06. The number of rotatable bonds is 4. The SMILES string of the molecule is Cc1cccc(C=N[C@@H]2CCCC[C@H]2N=Cc2cccc(C)n2)n1. The molecule has 0 aliphatic heterocycles. The normalized spacial score (nSPS) is 21.6. The lowest BCUT2D eigenvalue weighted by Gasteiger charge is -2.25. The summed E-state index contributed by atoms with van der Waals surface area (Å²) in [7, 11) is 0. The Morgan fingerprint density at radius 1 is 0.792 bits per heavy atom. The Kier molecular flexibility index (Phi) is 5.47. The van der Waals surface area contributed by atoms with Crippen molar-refractivity contribution in [2.24, 2.45) is 9.98 Å². The molecule has 0 aromatic carbocycles. The summed E-state index contributed by atoms with van der Waals surface area (Å²) in [6.45, 7) is 4.00. The van der Waals surface area contributed by atoms with Crippen molar-refractivity contribution in [2.45, 2.75) is 51.6 Å². The van der Waals surface area contributed by atoms with Gasteiger partial charge in [-0.05, 0) is 51.0 Å². The molecular formula is C20H24N4. The average Bonchev–Trinajstić information content (AvgIpc) is 2.59. The highest BCUT2D eigenvalue weighted by molar-refractivity contribution is 5.78. The Bertz CT molecular complexity index is 672. The first-order valence-electron chi connectivity index (χ1n) is 8.64. The van der Waals surface area contributed by atoms with Gasteiger partial charge in [0.05, 0.1) is 23.5 Å². The third-order valence-electron chi connectivity index (χ3n) is 4.31. The van der Waals surface area contributed by atoms with Crippen molar-refractivity contribution in [3.8, 4) is 0 Å². The number of aryl methyl sites for hydroxylation is 2. The van der Waals surface area contributed by atoms with Crippen molar-refractivity contribution >= 4 is 12.4 Å². The summed E-state index contributed by atoms with van der Waals surface area (Å²) in [6.07, 6.45) is 8.42. The van der Waals surface area contributed by atoms with Gasteiger partial charge in [0.25, 0.3) is 0 Å². The zero-order chi connectivity index (χ0) is 16.8. The van der Waals surface area contributed by atoms with Crippen LogP contribution in [-0.4, -0.2) is 34.5 Å². The number of nitrogens with zero attached hydrogens (tertiary/aromatic N) is 4. The van der Waals surface area contributed by atoms with Gasteiger partial charge in [-0.2, -0.15) is 0 Å². The standard InChI is InChI=1S/C20H24N4/c1-15-7-5-9-17(23-15)13-21-19-11-3-4-12-20(19)22-14-18-10-6-8-16(2)24-18/h5-10,13-14,19-20H,3-4,11-12H2,1-2H3/t19-,20-/m1/s1. The Labute approximate surface area is 143 Å². The molecule has 24 heavy (non-hydrogen) atoms. The van der Waals surface area contributed by atoms with Crippen molar-refractivity contribution in [2.75, 3.05) is 0 Å². The maximum Gasteiger partial charge on any atom is 0.0811 e. The molecule has 3 rings (SSSR count). The molecule has 4 heteroatoms. The van der Waals surface area contributed by atoms with Crippen LogP contribution in [0.4, 0.5) is 0 Å². The van der Waals surface area contributed by atoms with Crippen LogP contribution < -0.4 is 0 Å². The van der Waals surface area contributed by atoms with Crippen LogP contribution >= 0.6 is 0 Å². The molecule has 2 atom stereocenters. The Hall–Kier alpha value is -2.36. The molecule has 2 aromatic heterocycles. The lowest BCUT2D eigenvalue weighted by molar-refractivity contribution is 0.390. The first-order valence-corrected chi connectivity index (χ1v) is 8.64. The Balaban J connectivity index is 1.71. The molecule has 2 heterocycles. The molecule has 0 radical (unpaired) electrons. The molecule has 124 valence electrons. The number of aromatic nitrogens is 2. The van der Waals surface area contributed by atoms with E-state index in [1.807, 2.05) is 62.7 Å². The van der Waals surface area contributed by atoms with Crippen LogP contribution in [0.5, 0.6) is 0 Å². The summed E-state index contributed by atoms with van der Waals surface area (Å²) in [5.41, 5.74) is 3.87. The van der Waals surface area contributed by atoms with Crippen LogP contribution in [0, 0.1) is 13.8 Å². The van der Waals surface area contributed by atoms with Crippen molar-refractivity contribution in [1.29, 1.82) is 0 Å². The molecule has 0 spiro atoms. The molecule has 0 unspecified atom stereocenters. The topological polar surface area (TPSA) is 50.5 Å². The highest BCUT2D eigenvalue weighted by Crippen LogP contribution is 2.24. The summed E-state index contributed by atoms with van der Waals surface area (Å²) in [5.74, 6) is 0. The molecule has 1 aliphatic carbocycles. The van der Waals surface area contributed by atoms with Crippen molar-refractivity contribution < 1.29 is 0 Å². The van der Waals surface area contributed by atoms with Gasteiger partial charge in [-0.15, -0.1) is 0 Å². The zero-order valence-corrected chi connectivity index (χ0v) is 14.4. The van der Waals surface area contributed by atoms with Gasteiger partial charge in [0, 0.05) is 23.8 Å². The number of hydrogen-bond acceptors (Lipinski definition) is 4. The van der Waals surface area contributed by atoms with Gasteiger partial charge in [0.2, 0.25) is 0 Å².